The second-order valence-electron chi connectivity index (χ2n) is 2.88. The van der Waals surface area contributed by atoms with Gasteiger partial charge in [0.15, 0.2) is 0 Å². The average molecular weight is 198 g/mol. The Kier molecular flexibility index (Phi) is 4.15. The highest BCUT2D eigenvalue weighted by Crippen LogP contribution is 2.09. The number of hydrogen-bond donors (Lipinski definition) is 3. The van der Waals surface area contributed by atoms with Crippen LogP contribution in [0.3, 0.4) is 0 Å². The predicted molar refractivity (Wildman–Crippen MR) is 51.0 cm³/mol. The van der Waals surface area contributed by atoms with Crippen LogP contribution in [0, 0.1) is 0 Å². The Morgan fingerprint density at radius 3 is 3.07 bits per heavy atom. The molecule has 1 heterocycles. The molecule has 1 aromatic heterocycles. The highest BCUT2D eigenvalue weighted by molar-refractivity contribution is 5.88. The monoisotopic (exact) mass is 198 g/mol. The van der Waals surface area contributed by atoms with E-state index in [1.165, 1.54) is 12.3 Å². The van der Waals surface area contributed by atoms with Crippen LogP contribution in [0.4, 0.5) is 0 Å². The van der Waals surface area contributed by atoms with Crippen molar-refractivity contribution in [2.45, 2.75) is 13.0 Å². The summed E-state index contributed by atoms with van der Waals surface area (Å²) >= 11 is 0. The fraction of sp³-hybridized carbons (Fsp3) is 0.444. The molecule has 14 heavy (non-hydrogen) atoms. The normalized spacial score (nSPS) is 10.4. The van der Waals surface area contributed by atoms with Crippen molar-refractivity contribution >= 4 is 5.97 Å². The molecule has 4 N–H and O–H groups in total. The van der Waals surface area contributed by atoms with E-state index in [0.29, 0.717) is 18.8 Å². The molecule has 0 atom stereocenters. The van der Waals surface area contributed by atoms with Crippen LogP contribution in [0.1, 0.15) is 22.5 Å². The number of carboxylic acids is 1. The molecule has 1 rings (SSSR count). The molecule has 0 amide bonds. The Morgan fingerprint density at radius 2 is 2.43 bits per heavy atom. The molecule has 0 unspecified atom stereocenters. The van der Waals surface area contributed by atoms with Crippen molar-refractivity contribution in [1.82, 2.24) is 5.32 Å². The van der Waals surface area contributed by atoms with Crippen LogP contribution in [0.2, 0.25) is 0 Å². The van der Waals surface area contributed by atoms with E-state index in [9.17, 15) is 4.79 Å². The summed E-state index contributed by atoms with van der Waals surface area (Å²) in [5, 5.41) is 11.8. The van der Waals surface area contributed by atoms with Crippen molar-refractivity contribution in [1.29, 1.82) is 0 Å². The second kappa shape index (κ2) is 5.41. The highest BCUT2D eigenvalue weighted by Gasteiger charge is 2.11. The van der Waals surface area contributed by atoms with Crippen LogP contribution in [-0.2, 0) is 6.54 Å². The molecule has 0 spiro atoms. The molecule has 0 radical (unpaired) electrons. The Hall–Kier alpha value is -1.33. The molecule has 0 saturated heterocycles. The van der Waals surface area contributed by atoms with E-state index in [-0.39, 0.29) is 5.56 Å². The van der Waals surface area contributed by atoms with Crippen LogP contribution >= 0.6 is 0 Å². The average Bonchev–Trinajstić information content (AvgIpc) is 2.60. The van der Waals surface area contributed by atoms with Crippen LogP contribution in [0.25, 0.3) is 0 Å². The zero-order valence-electron chi connectivity index (χ0n) is 7.82. The Morgan fingerprint density at radius 1 is 1.64 bits per heavy atom. The second-order valence-corrected chi connectivity index (χ2v) is 2.88. The quantitative estimate of drug-likeness (QED) is 0.576. The van der Waals surface area contributed by atoms with Crippen LogP contribution in [0.5, 0.6) is 0 Å². The third-order valence-electron chi connectivity index (χ3n) is 1.82. The lowest BCUT2D eigenvalue weighted by Crippen LogP contribution is -2.18. The Bertz CT molecular complexity index is 296. The van der Waals surface area contributed by atoms with Crippen LogP contribution in [0.15, 0.2) is 16.7 Å². The van der Waals surface area contributed by atoms with Crippen molar-refractivity contribution in [3.8, 4) is 0 Å². The molecule has 0 aromatic carbocycles. The van der Waals surface area contributed by atoms with E-state index >= 15 is 0 Å². The number of rotatable bonds is 6. The maximum absolute atomic E-state index is 10.7. The lowest BCUT2D eigenvalue weighted by molar-refractivity contribution is 0.0694. The standard InChI is InChI=1S/C9H14N2O3/c10-3-1-4-11-6-8-7(9(12)13)2-5-14-8/h2,5,11H,1,3-4,6,10H2,(H,12,13). The third-order valence-corrected chi connectivity index (χ3v) is 1.82. The number of hydrogen-bond acceptors (Lipinski definition) is 4. The summed E-state index contributed by atoms with van der Waals surface area (Å²) in [5.41, 5.74) is 5.52. The first kappa shape index (κ1) is 10.7. The summed E-state index contributed by atoms with van der Waals surface area (Å²) in [6, 6.07) is 1.45. The molecule has 78 valence electrons. The fourth-order valence-corrected chi connectivity index (χ4v) is 1.10. The molecule has 1 aromatic rings. The van der Waals surface area contributed by atoms with E-state index in [0.717, 1.165) is 13.0 Å². The summed E-state index contributed by atoms with van der Waals surface area (Å²) in [5.74, 6) is -0.510. The minimum Gasteiger partial charge on any atom is -0.478 e. The van der Waals surface area contributed by atoms with E-state index < -0.39 is 5.97 Å². The summed E-state index contributed by atoms with van der Waals surface area (Å²) in [7, 11) is 0. The van der Waals surface area contributed by atoms with Crippen LogP contribution in [-0.4, -0.2) is 24.2 Å². The lowest BCUT2D eigenvalue weighted by Gasteiger charge is -2.01. The van der Waals surface area contributed by atoms with Gasteiger partial charge in [-0.1, -0.05) is 0 Å². The number of carboxylic acid groups (broad SMARTS) is 1. The van der Waals surface area contributed by atoms with Gasteiger partial charge in [0, 0.05) is 0 Å². The maximum Gasteiger partial charge on any atom is 0.339 e. The van der Waals surface area contributed by atoms with Gasteiger partial charge >= 0.3 is 5.97 Å². The summed E-state index contributed by atoms with van der Waals surface area (Å²) < 4.78 is 5.03. The van der Waals surface area contributed by atoms with Crippen molar-refractivity contribution in [3.05, 3.63) is 23.7 Å². The van der Waals surface area contributed by atoms with Crippen molar-refractivity contribution in [3.63, 3.8) is 0 Å². The first-order valence-corrected chi connectivity index (χ1v) is 4.46. The first-order chi connectivity index (χ1) is 6.75. The molecule has 0 aliphatic rings. The van der Waals surface area contributed by atoms with Gasteiger partial charge in [0.2, 0.25) is 0 Å². The maximum atomic E-state index is 10.7. The van der Waals surface area contributed by atoms with Gasteiger partial charge in [-0.05, 0) is 25.6 Å². The molecular formula is C9H14N2O3. The summed E-state index contributed by atoms with van der Waals surface area (Å²) in [6.07, 6.45) is 2.24. The van der Waals surface area contributed by atoms with Gasteiger partial charge in [0.1, 0.15) is 11.3 Å². The van der Waals surface area contributed by atoms with Crippen molar-refractivity contribution in [2.24, 2.45) is 5.73 Å². The van der Waals surface area contributed by atoms with Gasteiger partial charge in [-0.25, -0.2) is 4.79 Å². The molecule has 5 nitrogen and oxygen atoms in total. The zero-order valence-corrected chi connectivity index (χ0v) is 7.82. The summed E-state index contributed by atoms with van der Waals surface area (Å²) in [4.78, 5) is 10.7. The van der Waals surface area contributed by atoms with Gasteiger partial charge < -0.3 is 20.6 Å². The van der Waals surface area contributed by atoms with Gasteiger partial charge in [0.05, 0.1) is 12.8 Å². The molecule has 0 aliphatic heterocycles. The van der Waals surface area contributed by atoms with Gasteiger partial charge in [-0.2, -0.15) is 0 Å². The van der Waals surface area contributed by atoms with Gasteiger partial charge in [0.25, 0.3) is 0 Å². The molecule has 0 saturated carbocycles. The first-order valence-electron chi connectivity index (χ1n) is 4.46. The van der Waals surface area contributed by atoms with Gasteiger partial charge in [-0.15, -0.1) is 0 Å². The van der Waals surface area contributed by atoms with E-state index in [4.69, 9.17) is 15.3 Å². The largest absolute Gasteiger partial charge is 0.478 e. The fourth-order valence-electron chi connectivity index (χ4n) is 1.10. The van der Waals surface area contributed by atoms with Crippen LogP contribution < -0.4 is 11.1 Å². The Balaban J connectivity index is 2.42. The minimum atomic E-state index is -0.964. The predicted octanol–water partition coefficient (Wildman–Crippen LogP) is 0.416. The number of nitrogens with one attached hydrogen (secondary N) is 1. The third kappa shape index (κ3) is 2.86. The molecule has 5 heteroatoms. The molecular weight excluding hydrogens is 184 g/mol. The number of furan rings is 1. The number of nitrogens with two attached hydrogens (primary N) is 1. The zero-order chi connectivity index (χ0) is 10.4. The smallest absolute Gasteiger partial charge is 0.339 e. The summed E-state index contributed by atoms with van der Waals surface area (Å²) in [6.45, 7) is 1.81. The van der Waals surface area contributed by atoms with E-state index in [1.807, 2.05) is 0 Å². The SMILES string of the molecule is NCCCNCc1occc1C(=O)O. The molecule has 0 fully saturated rings. The highest BCUT2D eigenvalue weighted by atomic mass is 16.4. The van der Waals surface area contributed by atoms with E-state index in [1.54, 1.807) is 0 Å². The lowest BCUT2D eigenvalue weighted by atomic mass is 10.2. The van der Waals surface area contributed by atoms with Gasteiger partial charge in [-0.3, -0.25) is 0 Å². The Labute approximate surface area is 81.9 Å². The van der Waals surface area contributed by atoms with Crippen molar-refractivity contribution < 1.29 is 14.3 Å². The topological polar surface area (TPSA) is 88.5 Å². The van der Waals surface area contributed by atoms with E-state index in [2.05, 4.69) is 5.32 Å². The number of carbonyl (C=O) groups is 1. The molecule has 0 aliphatic carbocycles. The minimum absolute atomic E-state index is 0.213. The number of aromatic carboxylic acids is 1. The molecule has 0 bridgehead atoms. The van der Waals surface area contributed by atoms with Crippen molar-refractivity contribution in [2.75, 3.05) is 13.1 Å².